The van der Waals surface area contributed by atoms with Gasteiger partial charge in [-0.1, -0.05) is 29.8 Å². The molecule has 0 unspecified atom stereocenters. The van der Waals surface area contributed by atoms with Gasteiger partial charge in [0.15, 0.2) is 0 Å². The summed E-state index contributed by atoms with van der Waals surface area (Å²) in [5.74, 6) is 1.62. The van der Waals surface area contributed by atoms with Crippen LogP contribution in [0.2, 0.25) is 0 Å². The van der Waals surface area contributed by atoms with Crippen molar-refractivity contribution in [2.45, 2.75) is 13.5 Å². The molecule has 0 fully saturated rings. The molecule has 1 aromatic heterocycles. The van der Waals surface area contributed by atoms with Crippen LogP contribution in [0.15, 0.2) is 60.8 Å². The number of pyridine rings is 1. The fourth-order valence-electron chi connectivity index (χ4n) is 2.74. The van der Waals surface area contributed by atoms with E-state index in [1.54, 1.807) is 50.7 Å². The van der Waals surface area contributed by atoms with Gasteiger partial charge in [-0.25, -0.2) is 4.98 Å². The number of methoxy groups -OCH3 is 2. The van der Waals surface area contributed by atoms with E-state index < -0.39 is 0 Å². The summed E-state index contributed by atoms with van der Waals surface area (Å²) in [4.78, 5) is 16.8. The van der Waals surface area contributed by atoms with Crippen molar-refractivity contribution in [3.8, 4) is 11.5 Å². The Morgan fingerprint density at radius 2 is 1.89 bits per heavy atom. The van der Waals surface area contributed by atoms with Gasteiger partial charge in [-0.15, -0.1) is 0 Å². The molecule has 0 saturated carbocycles. The molecule has 6 nitrogen and oxygen atoms in total. The van der Waals surface area contributed by atoms with Crippen LogP contribution in [0.1, 0.15) is 21.5 Å². The van der Waals surface area contributed by atoms with Crippen LogP contribution in [0, 0.1) is 6.92 Å². The number of hydrogen-bond donors (Lipinski definition) is 2. The number of rotatable bonds is 7. The highest BCUT2D eigenvalue weighted by atomic mass is 16.5. The van der Waals surface area contributed by atoms with E-state index in [-0.39, 0.29) is 5.91 Å². The number of nitrogens with one attached hydrogen (secondary N) is 2. The van der Waals surface area contributed by atoms with Crippen molar-refractivity contribution in [3.63, 3.8) is 0 Å². The monoisotopic (exact) mass is 377 g/mol. The first-order chi connectivity index (χ1) is 13.6. The number of aryl methyl sites for hydroxylation is 1. The second-order valence-electron chi connectivity index (χ2n) is 6.30. The van der Waals surface area contributed by atoms with Gasteiger partial charge in [-0.3, -0.25) is 4.79 Å². The quantitative estimate of drug-likeness (QED) is 0.643. The lowest BCUT2D eigenvalue weighted by Gasteiger charge is -2.12. The van der Waals surface area contributed by atoms with Gasteiger partial charge in [-0.2, -0.15) is 0 Å². The van der Waals surface area contributed by atoms with Crippen molar-refractivity contribution in [1.82, 2.24) is 4.98 Å². The van der Waals surface area contributed by atoms with Crippen LogP contribution in [0.5, 0.6) is 11.5 Å². The van der Waals surface area contributed by atoms with Crippen LogP contribution in [0.3, 0.4) is 0 Å². The fraction of sp³-hybridized carbons (Fsp3) is 0.182. The lowest BCUT2D eigenvalue weighted by atomic mass is 10.1. The Balaban J connectivity index is 1.63. The van der Waals surface area contributed by atoms with E-state index in [1.807, 2.05) is 6.07 Å². The van der Waals surface area contributed by atoms with E-state index in [0.29, 0.717) is 35.1 Å². The third-order valence-corrected chi connectivity index (χ3v) is 4.24. The summed E-state index contributed by atoms with van der Waals surface area (Å²) in [6.45, 7) is 2.73. The molecular formula is C22H23N3O3. The zero-order valence-corrected chi connectivity index (χ0v) is 16.2. The lowest BCUT2D eigenvalue weighted by molar-refractivity contribution is 0.102. The molecule has 6 heteroatoms. The Morgan fingerprint density at radius 3 is 2.57 bits per heavy atom. The molecule has 0 aliphatic carbocycles. The number of benzene rings is 2. The Morgan fingerprint density at radius 1 is 1.04 bits per heavy atom. The molecular weight excluding hydrogens is 354 g/mol. The Labute approximate surface area is 164 Å². The first-order valence-electron chi connectivity index (χ1n) is 8.88. The molecule has 2 aromatic carbocycles. The first kappa shape index (κ1) is 19.2. The topological polar surface area (TPSA) is 72.5 Å². The van der Waals surface area contributed by atoms with Crippen LogP contribution in [-0.2, 0) is 6.54 Å². The zero-order chi connectivity index (χ0) is 19.9. The highest BCUT2D eigenvalue weighted by molar-refractivity contribution is 6.05. The van der Waals surface area contributed by atoms with Crippen molar-refractivity contribution in [2.24, 2.45) is 0 Å². The molecule has 3 aromatic rings. The van der Waals surface area contributed by atoms with E-state index in [9.17, 15) is 4.79 Å². The predicted molar refractivity (Wildman–Crippen MR) is 110 cm³/mol. The Bertz CT molecular complexity index is 955. The number of aromatic nitrogens is 1. The van der Waals surface area contributed by atoms with Gasteiger partial charge < -0.3 is 20.1 Å². The van der Waals surface area contributed by atoms with Crippen LogP contribution >= 0.6 is 0 Å². The van der Waals surface area contributed by atoms with E-state index in [0.717, 1.165) is 0 Å². The van der Waals surface area contributed by atoms with Gasteiger partial charge in [0.1, 0.15) is 17.3 Å². The summed E-state index contributed by atoms with van der Waals surface area (Å²) in [6, 6.07) is 17.0. The number of carbonyl (C=O) groups is 1. The van der Waals surface area contributed by atoms with Gasteiger partial charge in [0.25, 0.3) is 5.91 Å². The van der Waals surface area contributed by atoms with E-state index >= 15 is 0 Å². The van der Waals surface area contributed by atoms with E-state index in [4.69, 9.17) is 9.47 Å². The van der Waals surface area contributed by atoms with Crippen molar-refractivity contribution in [2.75, 3.05) is 24.9 Å². The van der Waals surface area contributed by atoms with Crippen molar-refractivity contribution in [1.29, 1.82) is 0 Å². The number of carbonyl (C=O) groups excluding carboxylic acids is 1. The van der Waals surface area contributed by atoms with Gasteiger partial charge in [0, 0.05) is 18.8 Å². The smallest absolute Gasteiger partial charge is 0.257 e. The molecule has 2 N–H and O–H groups in total. The molecule has 0 radical (unpaired) electrons. The highest BCUT2D eigenvalue weighted by Gasteiger charge is 2.11. The molecule has 0 aliphatic rings. The van der Waals surface area contributed by atoms with E-state index in [2.05, 4.69) is 40.7 Å². The summed E-state index contributed by atoms with van der Waals surface area (Å²) >= 11 is 0. The van der Waals surface area contributed by atoms with Gasteiger partial charge in [0.05, 0.1) is 25.5 Å². The molecule has 28 heavy (non-hydrogen) atoms. The molecule has 0 atom stereocenters. The Hall–Kier alpha value is -3.54. The maximum atomic E-state index is 12.5. The minimum absolute atomic E-state index is 0.263. The third-order valence-electron chi connectivity index (χ3n) is 4.24. The molecule has 0 aliphatic heterocycles. The lowest BCUT2D eigenvalue weighted by Crippen LogP contribution is -2.13. The molecule has 144 valence electrons. The summed E-state index contributed by atoms with van der Waals surface area (Å²) in [5, 5.41) is 6.09. The van der Waals surface area contributed by atoms with Gasteiger partial charge in [0.2, 0.25) is 0 Å². The first-order valence-corrected chi connectivity index (χ1v) is 8.88. The zero-order valence-electron chi connectivity index (χ0n) is 16.2. The standard InChI is InChI=1S/C22H23N3O3/c1-15-5-4-6-16(11-15)13-23-21-10-7-17(14-24-21)22(26)25-19-9-8-18(27-2)12-20(19)28-3/h4-12,14H,13H2,1-3H3,(H,23,24)(H,25,26). The maximum absolute atomic E-state index is 12.5. The van der Waals surface area contributed by atoms with Crippen LogP contribution in [0.25, 0.3) is 0 Å². The predicted octanol–water partition coefficient (Wildman–Crippen LogP) is 4.27. The third kappa shape index (κ3) is 4.79. The molecule has 3 rings (SSSR count). The molecule has 1 heterocycles. The van der Waals surface area contributed by atoms with Crippen molar-refractivity contribution < 1.29 is 14.3 Å². The fourth-order valence-corrected chi connectivity index (χ4v) is 2.74. The minimum Gasteiger partial charge on any atom is -0.497 e. The average Bonchev–Trinajstić information content (AvgIpc) is 2.73. The maximum Gasteiger partial charge on any atom is 0.257 e. The van der Waals surface area contributed by atoms with Crippen molar-refractivity contribution in [3.05, 3.63) is 77.5 Å². The van der Waals surface area contributed by atoms with Gasteiger partial charge >= 0.3 is 0 Å². The second-order valence-corrected chi connectivity index (χ2v) is 6.30. The number of hydrogen-bond acceptors (Lipinski definition) is 5. The number of anilines is 2. The number of ether oxygens (including phenoxy) is 2. The summed E-state index contributed by atoms with van der Waals surface area (Å²) < 4.78 is 10.5. The molecule has 1 amide bonds. The largest absolute Gasteiger partial charge is 0.497 e. The SMILES string of the molecule is COc1ccc(NC(=O)c2ccc(NCc3cccc(C)c3)nc2)c(OC)c1. The number of nitrogens with zero attached hydrogens (tertiary/aromatic N) is 1. The molecule has 0 saturated heterocycles. The normalized spacial score (nSPS) is 10.2. The van der Waals surface area contributed by atoms with Crippen LogP contribution in [0.4, 0.5) is 11.5 Å². The molecule has 0 bridgehead atoms. The Kier molecular flexibility index (Phi) is 6.11. The van der Waals surface area contributed by atoms with Gasteiger partial charge in [-0.05, 0) is 36.8 Å². The minimum atomic E-state index is -0.263. The average molecular weight is 377 g/mol. The summed E-state index contributed by atoms with van der Waals surface area (Å²) in [7, 11) is 3.12. The number of amides is 1. The van der Waals surface area contributed by atoms with Crippen LogP contribution < -0.4 is 20.1 Å². The summed E-state index contributed by atoms with van der Waals surface area (Å²) in [6.07, 6.45) is 1.55. The van der Waals surface area contributed by atoms with Crippen LogP contribution in [-0.4, -0.2) is 25.1 Å². The second kappa shape index (κ2) is 8.90. The van der Waals surface area contributed by atoms with Crippen molar-refractivity contribution >= 4 is 17.4 Å². The van der Waals surface area contributed by atoms with E-state index in [1.165, 1.54) is 11.1 Å². The highest BCUT2D eigenvalue weighted by Crippen LogP contribution is 2.29. The molecule has 0 spiro atoms. The summed E-state index contributed by atoms with van der Waals surface area (Å²) in [5.41, 5.74) is 3.41.